The molecule has 2 aliphatic carbocycles. The van der Waals surface area contributed by atoms with Crippen LogP contribution < -0.4 is 14.8 Å². The Hall–Kier alpha value is -3.91. The van der Waals surface area contributed by atoms with E-state index in [2.05, 4.69) is 31.5 Å². The molecule has 1 unspecified atom stereocenters. The van der Waals surface area contributed by atoms with Crippen molar-refractivity contribution in [2.24, 2.45) is 22.9 Å². The number of carbonyl (C=O) groups excluding carboxylic acids is 2. The third kappa shape index (κ3) is 14.8. The van der Waals surface area contributed by atoms with Gasteiger partial charge in [0.2, 0.25) is 12.1 Å². The van der Waals surface area contributed by atoms with Crippen LogP contribution in [-0.4, -0.2) is 97.3 Å². The van der Waals surface area contributed by atoms with E-state index in [9.17, 15) is 19.8 Å². The summed E-state index contributed by atoms with van der Waals surface area (Å²) in [4.78, 5) is 35.6. The van der Waals surface area contributed by atoms with Crippen LogP contribution in [0.3, 0.4) is 0 Å². The van der Waals surface area contributed by atoms with Crippen LogP contribution in [-0.2, 0) is 19.0 Å². The molecule has 13 heteroatoms. The van der Waals surface area contributed by atoms with Crippen molar-refractivity contribution in [2.75, 3.05) is 46.1 Å². The molecule has 0 bridgehead atoms. The molecule has 5 rings (SSSR count). The Morgan fingerprint density at radius 3 is 2.35 bits per heavy atom. The van der Waals surface area contributed by atoms with Crippen molar-refractivity contribution in [1.29, 1.82) is 0 Å². The van der Waals surface area contributed by atoms with Crippen LogP contribution in [0.15, 0.2) is 60.3 Å². The number of oxime groups is 1. The summed E-state index contributed by atoms with van der Waals surface area (Å²) in [6, 6.07) is 4.84. The van der Waals surface area contributed by atoms with Crippen LogP contribution in [0.1, 0.15) is 167 Å². The number of amides is 2. The minimum atomic E-state index is -1.43. The molecule has 13 nitrogen and oxygen atoms in total. The van der Waals surface area contributed by atoms with E-state index in [1.165, 1.54) is 44.9 Å². The minimum Gasteiger partial charge on any atom is -0.459 e. The van der Waals surface area contributed by atoms with Crippen molar-refractivity contribution in [3.8, 4) is 11.5 Å². The Bertz CT molecular complexity index is 1700. The zero-order valence-corrected chi connectivity index (χ0v) is 40.4. The van der Waals surface area contributed by atoms with Crippen molar-refractivity contribution < 1.29 is 48.3 Å². The van der Waals surface area contributed by atoms with Crippen LogP contribution in [0.5, 0.6) is 11.5 Å². The van der Waals surface area contributed by atoms with Crippen LogP contribution >= 0.6 is 0 Å². The standard InChI is InChI=1S/C53H83N3O10/c1-5-9-11-12-13-14-15-16-17-21-30-54-51(59)64-41-28-29-46-44(38-41)49-42(26-19-23-33-58)40(25-18-22-32-57)37-43-45(55-66-48-27-20-24-36-61-48)39-47(53(65-46,50(43)49)63-34-8-4)56(31-7-3)52(60)62-35-10-6-2/h6,8,28-29,37-38,40,42,47-50,57-58H,2,4-5,7,9-27,30-36,39H2,1,3H3,(H,54,59)/t40-,42+,47-,48?,49+,50+,53+/m0/s1. The van der Waals surface area contributed by atoms with E-state index >= 15 is 0 Å². The predicted molar refractivity (Wildman–Crippen MR) is 259 cm³/mol. The second kappa shape index (κ2) is 29.1. The van der Waals surface area contributed by atoms with E-state index in [4.69, 9.17) is 33.7 Å². The summed E-state index contributed by atoms with van der Waals surface area (Å²) in [5.41, 5.74) is 2.48. The first-order chi connectivity index (χ1) is 32.3. The van der Waals surface area contributed by atoms with Gasteiger partial charge < -0.3 is 44.1 Å². The number of allylic oxidation sites excluding steroid dienone is 1. The van der Waals surface area contributed by atoms with Crippen molar-refractivity contribution in [3.63, 3.8) is 0 Å². The molecular formula is C53H83N3O10. The lowest BCUT2D eigenvalue weighted by Gasteiger charge is -2.59. The minimum absolute atomic E-state index is 0.0144. The van der Waals surface area contributed by atoms with E-state index in [0.717, 1.165) is 75.3 Å². The summed E-state index contributed by atoms with van der Waals surface area (Å²) in [5.74, 6) is -1.16. The van der Waals surface area contributed by atoms with Gasteiger partial charge in [0.15, 0.2) is 0 Å². The maximum atomic E-state index is 14.3. The number of carbonyl (C=O) groups is 2. The Balaban J connectivity index is 1.55. The van der Waals surface area contributed by atoms with Crippen LogP contribution in [0.25, 0.3) is 0 Å². The van der Waals surface area contributed by atoms with Gasteiger partial charge in [0.05, 0.1) is 31.5 Å². The number of nitrogens with zero attached hydrogens (tertiary/aromatic N) is 2. The molecule has 66 heavy (non-hydrogen) atoms. The molecule has 0 spiro atoms. The third-order valence-electron chi connectivity index (χ3n) is 13.7. The van der Waals surface area contributed by atoms with E-state index in [-0.39, 0.29) is 50.6 Å². The molecule has 2 aliphatic heterocycles. The summed E-state index contributed by atoms with van der Waals surface area (Å²) in [5, 5.41) is 27.8. The molecule has 2 fully saturated rings. The lowest BCUT2D eigenvalue weighted by molar-refractivity contribution is -0.255. The maximum absolute atomic E-state index is 14.3. The summed E-state index contributed by atoms with van der Waals surface area (Å²) in [7, 11) is 0. The van der Waals surface area contributed by atoms with E-state index in [1.54, 1.807) is 23.1 Å². The highest BCUT2D eigenvalue weighted by Crippen LogP contribution is 2.62. The largest absolute Gasteiger partial charge is 0.459 e. The average molecular weight is 922 g/mol. The van der Waals surface area contributed by atoms with Crippen molar-refractivity contribution in [1.82, 2.24) is 10.2 Å². The number of benzene rings is 1. The molecule has 1 aromatic carbocycles. The Morgan fingerprint density at radius 2 is 1.67 bits per heavy atom. The number of hydrogen-bond donors (Lipinski definition) is 3. The maximum Gasteiger partial charge on any atom is 0.412 e. The Labute approximate surface area is 395 Å². The fourth-order valence-electron chi connectivity index (χ4n) is 10.5. The molecule has 1 aromatic rings. The Kier molecular flexibility index (Phi) is 23.4. The van der Waals surface area contributed by atoms with Gasteiger partial charge in [0.25, 0.3) is 0 Å². The number of fused-ring (bicyclic) bond motifs is 2. The number of aliphatic hydroxyl groups excluding tert-OH is 2. The average Bonchev–Trinajstić information content (AvgIpc) is 3.32. The van der Waals surface area contributed by atoms with Gasteiger partial charge in [-0.15, -0.1) is 13.2 Å². The zero-order chi connectivity index (χ0) is 47.0. The van der Waals surface area contributed by atoms with Crippen LogP contribution in [0.2, 0.25) is 0 Å². The summed E-state index contributed by atoms with van der Waals surface area (Å²) >= 11 is 0. The molecule has 0 radical (unpaired) electrons. The number of rotatable bonds is 31. The smallest absolute Gasteiger partial charge is 0.412 e. The normalized spacial score (nSPS) is 24.8. The topological polar surface area (TPSA) is 158 Å². The highest BCUT2D eigenvalue weighted by Gasteiger charge is 2.65. The zero-order valence-electron chi connectivity index (χ0n) is 40.4. The second-order valence-electron chi connectivity index (χ2n) is 18.6. The van der Waals surface area contributed by atoms with E-state index in [1.807, 2.05) is 19.1 Å². The number of ether oxygens (including phenoxy) is 5. The fraction of sp³-hybridized carbons (Fsp3) is 0.717. The molecule has 4 aliphatic rings. The number of aliphatic hydroxyl groups is 2. The molecular weight excluding hydrogens is 839 g/mol. The quantitative estimate of drug-likeness (QED) is 0.0372. The first kappa shape index (κ1) is 53.1. The summed E-state index contributed by atoms with van der Waals surface area (Å²) < 4.78 is 32.2. The highest BCUT2D eigenvalue weighted by atomic mass is 16.8. The predicted octanol–water partition coefficient (Wildman–Crippen LogP) is 11.3. The van der Waals surface area contributed by atoms with Crippen LogP contribution in [0, 0.1) is 17.8 Å². The van der Waals surface area contributed by atoms with Gasteiger partial charge in [-0.05, 0) is 93.4 Å². The van der Waals surface area contributed by atoms with Crippen molar-refractivity contribution >= 4 is 17.9 Å². The second-order valence-corrected chi connectivity index (χ2v) is 18.6. The number of unbranched alkanes of at least 4 members (excludes halogenated alkanes) is 11. The fourth-order valence-corrected chi connectivity index (χ4v) is 10.5. The number of hydrogen-bond acceptors (Lipinski definition) is 11. The molecule has 3 N–H and O–H groups in total. The van der Waals surface area contributed by atoms with E-state index in [0.29, 0.717) is 62.6 Å². The molecule has 2 amide bonds. The third-order valence-corrected chi connectivity index (χ3v) is 13.7. The van der Waals surface area contributed by atoms with Gasteiger partial charge in [-0.3, -0.25) is 4.90 Å². The van der Waals surface area contributed by atoms with Crippen molar-refractivity contribution in [3.05, 3.63) is 60.7 Å². The molecule has 1 saturated heterocycles. The monoisotopic (exact) mass is 922 g/mol. The molecule has 2 heterocycles. The number of nitrogens with one attached hydrogen (secondary N) is 1. The van der Waals surface area contributed by atoms with Crippen molar-refractivity contribution in [2.45, 2.75) is 179 Å². The van der Waals surface area contributed by atoms with Gasteiger partial charge in [0.1, 0.15) is 17.5 Å². The Morgan fingerprint density at radius 1 is 0.924 bits per heavy atom. The first-order valence-corrected chi connectivity index (χ1v) is 25.7. The van der Waals surface area contributed by atoms with Crippen LogP contribution in [0.4, 0.5) is 9.59 Å². The summed E-state index contributed by atoms with van der Waals surface area (Å²) in [6.45, 7) is 14.1. The molecule has 370 valence electrons. The van der Waals surface area contributed by atoms with Gasteiger partial charge in [-0.25, -0.2) is 9.59 Å². The lowest BCUT2D eigenvalue weighted by Crippen LogP contribution is -2.70. The SMILES string of the molecule is C=CCCOC(=O)N(CCC)[C@H]1CC(=NOC2CCCCO2)C2=C[C@H](CCCCO)[C@@H](CCCCO)[C@@H]3c4cc(OC(=O)NCCCCCCCCCCCC)ccc4O[C@@]1(OCC=C)[C@H]23. The molecule has 1 saturated carbocycles. The highest BCUT2D eigenvalue weighted by molar-refractivity contribution is 6.03. The summed E-state index contributed by atoms with van der Waals surface area (Å²) in [6.07, 6.45) is 25.0. The van der Waals surface area contributed by atoms with Gasteiger partial charge in [0, 0.05) is 50.6 Å². The van der Waals surface area contributed by atoms with Gasteiger partial charge >= 0.3 is 12.2 Å². The molecule has 7 atom stereocenters. The van der Waals surface area contributed by atoms with Gasteiger partial charge in [-0.2, -0.15) is 0 Å². The molecule has 0 aromatic heterocycles. The van der Waals surface area contributed by atoms with E-state index < -0.39 is 36.2 Å². The van der Waals surface area contributed by atoms with Gasteiger partial charge in [-0.1, -0.05) is 108 Å². The first-order valence-electron chi connectivity index (χ1n) is 25.7. The lowest BCUT2D eigenvalue weighted by atomic mass is 9.55.